The summed E-state index contributed by atoms with van der Waals surface area (Å²) in [5, 5.41) is 9.01. The van der Waals surface area contributed by atoms with Crippen molar-refractivity contribution in [3.05, 3.63) is 35.8 Å². The molecule has 2 atom stereocenters. The number of benzene rings is 1. The molecule has 2 aromatic rings. The quantitative estimate of drug-likeness (QED) is 0.636. The van der Waals surface area contributed by atoms with E-state index in [9.17, 15) is 9.18 Å². The van der Waals surface area contributed by atoms with Gasteiger partial charge < -0.3 is 25.8 Å². The molecule has 8 nitrogen and oxygen atoms in total. The van der Waals surface area contributed by atoms with Crippen LogP contribution in [0.5, 0.6) is 0 Å². The second kappa shape index (κ2) is 9.68. The molecule has 1 saturated carbocycles. The van der Waals surface area contributed by atoms with Gasteiger partial charge in [0.05, 0.1) is 12.1 Å². The lowest BCUT2D eigenvalue weighted by atomic mass is 10.0. The number of halogens is 1. The van der Waals surface area contributed by atoms with E-state index in [1.165, 1.54) is 11.3 Å². The Morgan fingerprint density at radius 1 is 1.19 bits per heavy atom. The third-order valence-electron chi connectivity index (χ3n) is 6.46. The van der Waals surface area contributed by atoms with Gasteiger partial charge in [-0.1, -0.05) is 6.42 Å². The van der Waals surface area contributed by atoms with Crippen LogP contribution in [0.1, 0.15) is 24.8 Å². The topological polar surface area (TPSA) is 85.4 Å². The second-order valence-electron chi connectivity index (χ2n) is 8.71. The number of carbonyl (C=O) groups excluding carboxylic acids is 1. The van der Waals surface area contributed by atoms with Crippen LogP contribution in [0.3, 0.4) is 0 Å². The zero-order valence-electron chi connectivity index (χ0n) is 19.0. The SMILES string of the molecule is CNC(=O)[C@H]1CCC[C@H]1Nc1nc(Nc2ccc(N3CCN(C)CC3)c(C)c2)ncc1F. The molecular formula is C23H32FN7O. The summed E-state index contributed by atoms with van der Waals surface area (Å²) < 4.78 is 14.4. The number of piperazine rings is 1. The minimum atomic E-state index is -0.528. The average molecular weight is 442 g/mol. The predicted molar refractivity (Wildman–Crippen MR) is 125 cm³/mol. The van der Waals surface area contributed by atoms with E-state index < -0.39 is 5.82 Å². The normalized spacial score (nSPS) is 21.4. The Hall–Kier alpha value is -2.94. The van der Waals surface area contributed by atoms with Gasteiger partial charge in [-0.25, -0.2) is 9.37 Å². The molecule has 9 heteroatoms. The molecule has 1 aromatic heterocycles. The summed E-state index contributed by atoms with van der Waals surface area (Å²) in [4.78, 5) is 25.3. The largest absolute Gasteiger partial charge is 0.369 e. The first-order chi connectivity index (χ1) is 15.4. The minimum Gasteiger partial charge on any atom is -0.369 e. The van der Waals surface area contributed by atoms with E-state index in [-0.39, 0.29) is 23.7 Å². The lowest BCUT2D eigenvalue weighted by Crippen LogP contribution is -2.44. The number of aromatic nitrogens is 2. The van der Waals surface area contributed by atoms with Gasteiger partial charge in [-0.05, 0) is 50.6 Å². The van der Waals surface area contributed by atoms with Crippen LogP contribution in [0.15, 0.2) is 24.4 Å². The third-order valence-corrected chi connectivity index (χ3v) is 6.46. The van der Waals surface area contributed by atoms with Crippen molar-refractivity contribution in [2.75, 3.05) is 55.8 Å². The Balaban J connectivity index is 1.46. The van der Waals surface area contributed by atoms with Crippen molar-refractivity contribution < 1.29 is 9.18 Å². The molecule has 1 aliphatic heterocycles. The van der Waals surface area contributed by atoms with E-state index in [0.29, 0.717) is 5.95 Å². The first kappa shape index (κ1) is 22.3. The van der Waals surface area contributed by atoms with Crippen LogP contribution < -0.4 is 20.9 Å². The highest BCUT2D eigenvalue weighted by Gasteiger charge is 2.33. The molecule has 172 valence electrons. The molecule has 1 aliphatic carbocycles. The van der Waals surface area contributed by atoms with E-state index in [4.69, 9.17) is 0 Å². The summed E-state index contributed by atoms with van der Waals surface area (Å²) in [5.41, 5.74) is 3.24. The van der Waals surface area contributed by atoms with E-state index in [1.54, 1.807) is 7.05 Å². The molecule has 0 spiro atoms. The fraction of sp³-hybridized carbons (Fsp3) is 0.522. The van der Waals surface area contributed by atoms with Crippen molar-refractivity contribution >= 4 is 29.0 Å². The van der Waals surface area contributed by atoms with Gasteiger partial charge in [-0.15, -0.1) is 0 Å². The van der Waals surface area contributed by atoms with Crippen LogP contribution in [0.25, 0.3) is 0 Å². The van der Waals surface area contributed by atoms with Crippen LogP contribution >= 0.6 is 0 Å². The van der Waals surface area contributed by atoms with Crippen LogP contribution in [0, 0.1) is 18.7 Å². The first-order valence-electron chi connectivity index (χ1n) is 11.3. The Labute approximate surface area is 188 Å². The number of aryl methyl sites for hydroxylation is 1. The van der Waals surface area contributed by atoms with E-state index in [0.717, 1.165) is 57.3 Å². The van der Waals surface area contributed by atoms with Gasteiger partial charge in [0.1, 0.15) is 0 Å². The maximum atomic E-state index is 14.4. The number of likely N-dealkylation sites (N-methyl/N-ethyl adjacent to an activating group) is 1. The Bertz CT molecular complexity index is 961. The van der Waals surface area contributed by atoms with Crippen molar-refractivity contribution in [3.8, 4) is 0 Å². The number of hydrogen-bond acceptors (Lipinski definition) is 7. The standard InChI is InChI=1S/C23H32FN7O/c1-15-13-16(7-8-20(15)31-11-9-30(3)10-12-31)27-23-26-14-18(24)21(29-23)28-19-6-4-5-17(19)22(32)25-2/h7-8,13-14,17,19H,4-6,9-12H2,1-3H3,(H,25,32)(H2,26,27,28,29)/t17-,19+/m0/s1. The predicted octanol–water partition coefficient (Wildman–Crippen LogP) is 2.75. The lowest BCUT2D eigenvalue weighted by molar-refractivity contribution is -0.124. The molecule has 2 fully saturated rings. The highest BCUT2D eigenvalue weighted by molar-refractivity contribution is 5.80. The molecular weight excluding hydrogens is 409 g/mol. The van der Waals surface area contributed by atoms with Crippen molar-refractivity contribution in [2.45, 2.75) is 32.2 Å². The molecule has 0 unspecified atom stereocenters. The van der Waals surface area contributed by atoms with Crippen molar-refractivity contribution in [1.82, 2.24) is 20.2 Å². The van der Waals surface area contributed by atoms with Crippen molar-refractivity contribution in [3.63, 3.8) is 0 Å². The summed E-state index contributed by atoms with van der Waals surface area (Å²) in [6.07, 6.45) is 3.67. The van der Waals surface area contributed by atoms with Gasteiger partial charge in [0, 0.05) is 50.6 Å². The molecule has 3 N–H and O–H groups in total. The minimum absolute atomic E-state index is 0.0243. The second-order valence-corrected chi connectivity index (χ2v) is 8.71. The fourth-order valence-electron chi connectivity index (χ4n) is 4.60. The van der Waals surface area contributed by atoms with Crippen LogP contribution in [0.2, 0.25) is 0 Å². The fourth-order valence-corrected chi connectivity index (χ4v) is 4.60. The summed E-state index contributed by atoms with van der Waals surface area (Å²) in [6, 6.07) is 6.03. The van der Waals surface area contributed by atoms with E-state index in [1.807, 2.05) is 6.07 Å². The van der Waals surface area contributed by atoms with Gasteiger partial charge in [0.15, 0.2) is 11.6 Å². The zero-order valence-corrected chi connectivity index (χ0v) is 19.0. The van der Waals surface area contributed by atoms with E-state index >= 15 is 0 Å². The smallest absolute Gasteiger partial charge is 0.229 e. The third kappa shape index (κ3) is 4.93. The first-order valence-corrected chi connectivity index (χ1v) is 11.3. The monoisotopic (exact) mass is 441 g/mol. The maximum absolute atomic E-state index is 14.4. The number of rotatable bonds is 6. The molecule has 2 heterocycles. The molecule has 1 aromatic carbocycles. The summed E-state index contributed by atoms with van der Waals surface area (Å²) in [7, 11) is 3.77. The molecule has 1 saturated heterocycles. The summed E-state index contributed by atoms with van der Waals surface area (Å²) in [5.74, 6) is -0.303. The number of nitrogens with one attached hydrogen (secondary N) is 3. The van der Waals surface area contributed by atoms with Gasteiger partial charge in [0.25, 0.3) is 0 Å². The molecule has 0 radical (unpaired) electrons. The lowest BCUT2D eigenvalue weighted by Gasteiger charge is -2.35. The van der Waals surface area contributed by atoms with Gasteiger partial charge in [0.2, 0.25) is 11.9 Å². The molecule has 1 amide bonds. The molecule has 0 bridgehead atoms. The number of carbonyl (C=O) groups is 1. The molecule has 4 rings (SSSR count). The number of anilines is 4. The number of amides is 1. The Morgan fingerprint density at radius 3 is 2.69 bits per heavy atom. The maximum Gasteiger partial charge on any atom is 0.229 e. The van der Waals surface area contributed by atoms with Gasteiger partial charge in [-0.2, -0.15) is 4.98 Å². The zero-order chi connectivity index (χ0) is 22.7. The Morgan fingerprint density at radius 2 is 1.97 bits per heavy atom. The summed E-state index contributed by atoms with van der Waals surface area (Å²) >= 11 is 0. The molecule has 32 heavy (non-hydrogen) atoms. The average Bonchev–Trinajstić information content (AvgIpc) is 3.25. The van der Waals surface area contributed by atoms with Gasteiger partial charge in [-0.3, -0.25) is 4.79 Å². The van der Waals surface area contributed by atoms with E-state index in [2.05, 4.69) is 61.8 Å². The van der Waals surface area contributed by atoms with Crippen LogP contribution in [0.4, 0.5) is 27.5 Å². The van der Waals surface area contributed by atoms with Gasteiger partial charge >= 0.3 is 0 Å². The van der Waals surface area contributed by atoms with Crippen molar-refractivity contribution in [2.24, 2.45) is 5.92 Å². The molecule has 2 aliphatic rings. The highest BCUT2D eigenvalue weighted by atomic mass is 19.1. The Kier molecular flexibility index (Phi) is 6.74. The number of nitrogens with zero attached hydrogens (tertiary/aromatic N) is 4. The number of hydrogen-bond donors (Lipinski definition) is 3. The summed E-state index contributed by atoms with van der Waals surface area (Å²) in [6.45, 7) is 6.23. The van der Waals surface area contributed by atoms with Crippen molar-refractivity contribution in [1.29, 1.82) is 0 Å². The van der Waals surface area contributed by atoms with Crippen LogP contribution in [-0.2, 0) is 4.79 Å². The highest BCUT2D eigenvalue weighted by Crippen LogP contribution is 2.30. The van der Waals surface area contributed by atoms with Crippen LogP contribution in [-0.4, -0.2) is 67.1 Å².